The molecule has 0 saturated carbocycles. The molecule has 0 aliphatic rings. The number of hydrogen-bond donors (Lipinski definition) is 2. The van der Waals surface area contributed by atoms with Crippen molar-refractivity contribution in [3.8, 4) is 0 Å². The summed E-state index contributed by atoms with van der Waals surface area (Å²) in [6, 6.07) is 0.523. The fourth-order valence-electron chi connectivity index (χ4n) is 1.48. The molecular weight excluding hydrogens is 136 g/mol. The van der Waals surface area contributed by atoms with E-state index >= 15 is 0 Å². The molecule has 0 radical (unpaired) electrons. The molecule has 2 nitrogen and oxygen atoms in total. The van der Waals surface area contributed by atoms with Gasteiger partial charge in [-0.1, -0.05) is 27.2 Å². The second-order valence-electron chi connectivity index (χ2n) is 3.81. The molecule has 0 bridgehead atoms. The summed E-state index contributed by atoms with van der Waals surface area (Å²) in [6.45, 7) is 9.42. The molecule has 0 aromatic heterocycles. The summed E-state index contributed by atoms with van der Waals surface area (Å²) in [7, 11) is 0. The van der Waals surface area contributed by atoms with E-state index in [2.05, 4.69) is 33.0 Å². The first-order chi connectivity index (χ1) is 5.04. The van der Waals surface area contributed by atoms with Crippen molar-refractivity contribution < 1.29 is 0 Å². The van der Waals surface area contributed by atoms with Crippen molar-refractivity contribution in [3.63, 3.8) is 0 Å². The zero-order valence-electron chi connectivity index (χ0n) is 8.28. The molecule has 2 heteroatoms. The van der Waals surface area contributed by atoms with E-state index in [0.29, 0.717) is 6.04 Å². The van der Waals surface area contributed by atoms with Gasteiger partial charge in [-0.05, 0) is 13.3 Å². The lowest BCUT2D eigenvalue weighted by Crippen LogP contribution is -2.51. The van der Waals surface area contributed by atoms with Gasteiger partial charge in [0, 0.05) is 18.1 Å². The number of nitrogens with two attached hydrogens (primary N) is 1. The Morgan fingerprint density at radius 2 is 2.00 bits per heavy atom. The molecule has 0 aliphatic heterocycles. The van der Waals surface area contributed by atoms with Crippen molar-refractivity contribution in [1.82, 2.24) is 5.32 Å². The highest BCUT2D eigenvalue weighted by molar-refractivity contribution is 4.84. The molecule has 3 N–H and O–H groups in total. The molecule has 0 amide bonds. The molecule has 0 rings (SSSR count). The minimum atomic E-state index is 0.142. The van der Waals surface area contributed by atoms with E-state index in [0.717, 1.165) is 13.0 Å². The van der Waals surface area contributed by atoms with Gasteiger partial charge in [-0.2, -0.15) is 0 Å². The molecule has 1 atom stereocenters. The van der Waals surface area contributed by atoms with Gasteiger partial charge in [0.1, 0.15) is 0 Å². The lowest BCUT2D eigenvalue weighted by Gasteiger charge is -2.31. The summed E-state index contributed by atoms with van der Waals surface area (Å²) in [4.78, 5) is 0. The molecular formula is C9H22N2. The summed E-state index contributed by atoms with van der Waals surface area (Å²) in [5.74, 6) is 0. The van der Waals surface area contributed by atoms with Crippen LogP contribution in [-0.4, -0.2) is 18.1 Å². The zero-order valence-corrected chi connectivity index (χ0v) is 8.28. The van der Waals surface area contributed by atoms with Gasteiger partial charge in [-0.15, -0.1) is 0 Å². The predicted molar refractivity (Wildman–Crippen MR) is 50.6 cm³/mol. The highest BCUT2D eigenvalue weighted by Gasteiger charge is 2.20. The van der Waals surface area contributed by atoms with Crippen molar-refractivity contribution in [3.05, 3.63) is 0 Å². The molecule has 68 valence electrons. The molecule has 0 aromatic rings. The van der Waals surface area contributed by atoms with E-state index in [1.165, 1.54) is 6.42 Å². The first kappa shape index (κ1) is 10.9. The van der Waals surface area contributed by atoms with Gasteiger partial charge >= 0.3 is 0 Å². The van der Waals surface area contributed by atoms with Crippen LogP contribution in [0.4, 0.5) is 0 Å². The van der Waals surface area contributed by atoms with E-state index in [1.54, 1.807) is 0 Å². The summed E-state index contributed by atoms with van der Waals surface area (Å²) in [6.07, 6.45) is 2.34. The quantitative estimate of drug-likeness (QED) is 0.636. The Morgan fingerprint density at radius 1 is 1.45 bits per heavy atom. The smallest absolute Gasteiger partial charge is 0.0277 e. The van der Waals surface area contributed by atoms with Gasteiger partial charge < -0.3 is 11.1 Å². The number of hydrogen-bond acceptors (Lipinski definition) is 2. The fraction of sp³-hybridized carbons (Fsp3) is 1.00. The van der Waals surface area contributed by atoms with E-state index in [-0.39, 0.29) is 5.54 Å². The van der Waals surface area contributed by atoms with Gasteiger partial charge in [0.2, 0.25) is 0 Å². The summed E-state index contributed by atoms with van der Waals surface area (Å²) >= 11 is 0. The normalized spacial score (nSPS) is 16.9. The zero-order chi connectivity index (χ0) is 8.91. The second kappa shape index (κ2) is 4.73. The Hall–Kier alpha value is -0.0800. The summed E-state index contributed by atoms with van der Waals surface area (Å²) in [5, 5.41) is 3.48. The molecule has 0 aromatic carbocycles. The van der Waals surface area contributed by atoms with Gasteiger partial charge in [-0.3, -0.25) is 0 Å². The molecule has 1 unspecified atom stereocenters. The molecule has 0 fully saturated rings. The lowest BCUT2D eigenvalue weighted by atomic mass is 9.95. The van der Waals surface area contributed by atoms with Crippen LogP contribution in [0.25, 0.3) is 0 Å². The Bertz CT molecular complexity index is 102. The second-order valence-corrected chi connectivity index (χ2v) is 3.81. The molecule has 0 spiro atoms. The van der Waals surface area contributed by atoms with Crippen LogP contribution in [0, 0.1) is 0 Å². The molecule has 0 saturated heterocycles. The van der Waals surface area contributed by atoms with Crippen molar-refractivity contribution in [2.75, 3.05) is 6.54 Å². The standard InChI is InChI=1S/C9H22N2/c1-5-6-9(4,7-10)11-8(2)3/h8,11H,5-7,10H2,1-4H3. The first-order valence-corrected chi connectivity index (χ1v) is 4.52. The van der Waals surface area contributed by atoms with E-state index in [9.17, 15) is 0 Å². The van der Waals surface area contributed by atoms with Crippen molar-refractivity contribution in [1.29, 1.82) is 0 Å². The van der Waals surface area contributed by atoms with Gasteiger partial charge in [0.05, 0.1) is 0 Å². The van der Waals surface area contributed by atoms with Crippen LogP contribution in [0.3, 0.4) is 0 Å². The van der Waals surface area contributed by atoms with Gasteiger partial charge in [-0.25, -0.2) is 0 Å². The van der Waals surface area contributed by atoms with Crippen molar-refractivity contribution in [2.45, 2.75) is 52.1 Å². The largest absolute Gasteiger partial charge is 0.329 e. The molecule has 0 aliphatic carbocycles. The third-order valence-corrected chi connectivity index (χ3v) is 1.89. The van der Waals surface area contributed by atoms with E-state index in [1.807, 2.05) is 0 Å². The van der Waals surface area contributed by atoms with Crippen LogP contribution < -0.4 is 11.1 Å². The average molecular weight is 158 g/mol. The van der Waals surface area contributed by atoms with Crippen LogP contribution in [0.1, 0.15) is 40.5 Å². The fourth-order valence-corrected chi connectivity index (χ4v) is 1.48. The highest BCUT2D eigenvalue weighted by Crippen LogP contribution is 2.10. The van der Waals surface area contributed by atoms with Crippen molar-refractivity contribution >= 4 is 0 Å². The predicted octanol–water partition coefficient (Wildman–Crippen LogP) is 1.50. The first-order valence-electron chi connectivity index (χ1n) is 4.52. The monoisotopic (exact) mass is 158 g/mol. The average Bonchev–Trinajstić information content (AvgIpc) is 1.87. The maximum Gasteiger partial charge on any atom is 0.0277 e. The minimum absolute atomic E-state index is 0.142. The Labute approximate surface area is 70.5 Å². The maximum absolute atomic E-state index is 5.68. The third-order valence-electron chi connectivity index (χ3n) is 1.89. The highest BCUT2D eigenvalue weighted by atomic mass is 15.0. The van der Waals surface area contributed by atoms with E-state index < -0.39 is 0 Å². The minimum Gasteiger partial charge on any atom is -0.329 e. The summed E-state index contributed by atoms with van der Waals surface area (Å²) in [5.41, 5.74) is 5.82. The van der Waals surface area contributed by atoms with Crippen LogP contribution in [-0.2, 0) is 0 Å². The Balaban J connectivity index is 3.87. The lowest BCUT2D eigenvalue weighted by molar-refractivity contribution is 0.310. The van der Waals surface area contributed by atoms with Crippen LogP contribution >= 0.6 is 0 Å². The molecule has 11 heavy (non-hydrogen) atoms. The summed E-state index contributed by atoms with van der Waals surface area (Å²) < 4.78 is 0. The van der Waals surface area contributed by atoms with Gasteiger partial charge in [0.25, 0.3) is 0 Å². The maximum atomic E-state index is 5.68. The topological polar surface area (TPSA) is 38.0 Å². The van der Waals surface area contributed by atoms with E-state index in [4.69, 9.17) is 5.73 Å². The SMILES string of the molecule is CCCC(C)(CN)NC(C)C. The van der Waals surface area contributed by atoms with Crippen LogP contribution in [0.2, 0.25) is 0 Å². The van der Waals surface area contributed by atoms with Crippen LogP contribution in [0.5, 0.6) is 0 Å². The third kappa shape index (κ3) is 4.38. The van der Waals surface area contributed by atoms with Crippen LogP contribution in [0.15, 0.2) is 0 Å². The van der Waals surface area contributed by atoms with Gasteiger partial charge in [0.15, 0.2) is 0 Å². The Kier molecular flexibility index (Phi) is 4.69. The Morgan fingerprint density at radius 3 is 2.27 bits per heavy atom. The number of rotatable bonds is 5. The van der Waals surface area contributed by atoms with Crippen molar-refractivity contribution in [2.24, 2.45) is 5.73 Å². The molecule has 0 heterocycles. The number of nitrogens with one attached hydrogen (secondary N) is 1.